The van der Waals surface area contributed by atoms with Crippen molar-refractivity contribution in [2.75, 3.05) is 6.61 Å². The Bertz CT molecular complexity index is 1150. The highest BCUT2D eigenvalue weighted by atomic mass is 31.2. The van der Waals surface area contributed by atoms with Crippen LogP contribution in [0.5, 0.6) is 0 Å². The number of hydrogen-bond donors (Lipinski definition) is 1. The Morgan fingerprint density at radius 3 is 2.06 bits per heavy atom. The zero-order valence-corrected chi connectivity index (χ0v) is 18.6. The number of rotatable bonds is 6. The van der Waals surface area contributed by atoms with E-state index in [-0.39, 0.29) is 12.7 Å². The van der Waals surface area contributed by atoms with Gasteiger partial charge in [-0.15, -0.1) is 6.58 Å². The minimum atomic E-state index is -1.90. The van der Waals surface area contributed by atoms with Crippen LogP contribution in [0.15, 0.2) is 116 Å². The van der Waals surface area contributed by atoms with E-state index in [0.29, 0.717) is 0 Å². The van der Waals surface area contributed by atoms with Crippen molar-refractivity contribution >= 4 is 25.5 Å². The Balaban J connectivity index is 0.000000174. The summed E-state index contributed by atoms with van der Waals surface area (Å²) in [6.07, 6.45) is 5.27. The summed E-state index contributed by atoms with van der Waals surface area (Å²) in [5.74, 6) is 0. The third-order valence-electron chi connectivity index (χ3n) is 5.11. The van der Waals surface area contributed by atoms with Gasteiger partial charge in [0.2, 0.25) is 0 Å². The highest BCUT2D eigenvalue weighted by molar-refractivity contribution is 7.40. The van der Waals surface area contributed by atoms with Crippen LogP contribution in [0.3, 0.4) is 0 Å². The van der Waals surface area contributed by atoms with Crippen LogP contribution in [0.25, 0.3) is 28.0 Å². The van der Waals surface area contributed by atoms with Crippen LogP contribution in [0, 0.1) is 0 Å². The lowest BCUT2D eigenvalue weighted by atomic mass is 9.92. The second kappa shape index (κ2) is 11.0. The molecule has 0 saturated carbocycles. The summed E-state index contributed by atoms with van der Waals surface area (Å²) in [4.78, 5) is 9.77. The van der Waals surface area contributed by atoms with Crippen LogP contribution in [0.1, 0.15) is 17.2 Å². The molecule has 4 aromatic carbocycles. The minimum Gasteiger partial charge on any atom is -0.328 e. The fraction of sp³-hybridized carbons (Fsp3) is 0.0714. The Kier molecular flexibility index (Phi) is 7.60. The van der Waals surface area contributed by atoms with Crippen molar-refractivity contribution in [3.8, 4) is 11.1 Å². The van der Waals surface area contributed by atoms with Crippen molar-refractivity contribution in [2.45, 2.75) is 6.10 Å². The molecule has 0 aromatic heterocycles. The molecule has 0 fully saturated rings. The molecule has 0 bridgehead atoms. The summed E-state index contributed by atoms with van der Waals surface area (Å²) in [7, 11) is -1.90. The molecule has 0 saturated heterocycles. The minimum absolute atomic E-state index is 0.277. The zero-order chi connectivity index (χ0) is 22.2. The van der Waals surface area contributed by atoms with Crippen molar-refractivity contribution in [2.24, 2.45) is 0 Å². The molecular weight excluding hydrogens is 415 g/mol. The first-order chi connectivity index (χ1) is 15.8. The quantitative estimate of drug-likeness (QED) is 0.247. The maximum Gasteiger partial charge on any atom is 0.331 e. The van der Waals surface area contributed by atoms with Gasteiger partial charge in [-0.1, -0.05) is 115 Å². The molecule has 0 aliphatic heterocycles. The molecule has 1 aliphatic rings. The standard InChI is InChI=1S/C16H15O3P.C12H10/c1-2-11-18-20(17)19-15-10-9-13-6-3-5-12-7-4-8-14(15)16(12)13;1-3-7-11(8-4-1)12-9-5-2-6-10-12/h2-10,15,17H,1,11H2;1-10H. The van der Waals surface area contributed by atoms with E-state index in [1.165, 1.54) is 27.5 Å². The summed E-state index contributed by atoms with van der Waals surface area (Å²) in [6, 6.07) is 33.1. The lowest BCUT2D eigenvalue weighted by molar-refractivity contribution is 0.182. The van der Waals surface area contributed by atoms with Crippen molar-refractivity contribution in [1.29, 1.82) is 0 Å². The van der Waals surface area contributed by atoms with Crippen molar-refractivity contribution in [3.05, 3.63) is 127 Å². The molecule has 3 nitrogen and oxygen atoms in total. The van der Waals surface area contributed by atoms with Gasteiger partial charge >= 0.3 is 8.60 Å². The maximum absolute atomic E-state index is 9.77. The molecule has 0 spiro atoms. The summed E-state index contributed by atoms with van der Waals surface area (Å²) in [6.45, 7) is 3.82. The van der Waals surface area contributed by atoms with E-state index in [9.17, 15) is 4.89 Å². The average molecular weight is 440 g/mol. The summed E-state index contributed by atoms with van der Waals surface area (Å²) in [5.41, 5.74) is 4.78. The molecule has 4 heteroatoms. The van der Waals surface area contributed by atoms with Gasteiger partial charge in [0.25, 0.3) is 0 Å². The predicted octanol–water partition coefficient (Wildman–Crippen LogP) is 7.70. The smallest absolute Gasteiger partial charge is 0.328 e. The van der Waals surface area contributed by atoms with E-state index >= 15 is 0 Å². The third-order valence-corrected chi connectivity index (χ3v) is 5.89. The third kappa shape index (κ3) is 5.40. The highest BCUT2D eigenvalue weighted by Crippen LogP contribution is 2.44. The number of hydrogen-bond acceptors (Lipinski definition) is 3. The molecule has 0 radical (unpaired) electrons. The van der Waals surface area contributed by atoms with E-state index in [4.69, 9.17) is 9.05 Å². The van der Waals surface area contributed by atoms with Gasteiger partial charge in [0.15, 0.2) is 0 Å². The average Bonchev–Trinajstić information content (AvgIpc) is 2.86. The van der Waals surface area contributed by atoms with Crippen LogP contribution in [0.2, 0.25) is 0 Å². The largest absolute Gasteiger partial charge is 0.331 e. The summed E-state index contributed by atoms with van der Waals surface area (Å²) in [5, 5.41) is 2.35. The Hall–Kier alpha value is -3.07. The van der Waals surface area contributed by atoms with Crippen LogP contribution >= 0.6 is 8.60 Å². The fourth-order valence-corrected chi connectivity index (χ4v) is 4.34. The predicted molar refractivity (Wildman–Crippen MR) is 134 cm³/mol. The van der Waals surface area contributed by atoms with Crippen LogP contribution in [0.4, 0.5) is 0 Å². The highest BCUT2D eigenvalue weighted by Gasteiger charge is 2.21. The summed E-state index contributed by atoms with van der Waals surface area (Å²) >= 11 is 0. The van der Waals surface area contributed by atoms with Gasteiger partial charge in [0.1, 0.15) is 6.10 Å². The van der Waals surface area contributed by atoms with E-state index < -0.39 is 8.60 Å². The van der Waals surface area contributed by atoms with E-state index in [1.54, 1.807) is 6.08 Å². The first-order valence-corrected chi connectivity index (χ1v) is 11.6. The SMILES string of the molecule is C=CCOP(O)OC1C=Cc2cccc3cccc1c23.c1ccc(-c2ccccc2)cc1. The van der Waals surface area contributed by atoms with Gasteiger partial charge in [-0.05, 0) is 33.0 Å². The monoisotopic (exact) mass is 440 g/mol. The molecule has 1 aliphatic carbocycles. The van der Waals surface area contributed by atoms with Gasteiger partial charge < -0.3 is 9.42 Å². The molecule has 2 atom stereocenters. The lowest BCUT2D eigenvalue weighted by Gasteiger charge is -2.22. The second-order valence-corrected chi connectivity index (χ2v) is 8.18. The molecule has 1 N–H and O–H groups in total. The van der Waals surface area contributed by atoms with Crippen LogP contribution < -0.4 is 0 Å². The van der Waals surface area contributed by atoms with Gasteiger partial charge in [-0.25, -0.2) is 0 Å². The normalized spacial score (nSPS) is 15.0. The van der Waals surface area contributed by atoms with Gasteiger partial charge in [0, 0.05) is 0 Å². The molecule has 160 valence electrons. The number of benzene rings is 4. The van der Waals surface area contributed by atoms with Gasteiger partial charge in [-0.2, -0.15) is 0 Å². The molecular formula is C28H25O3P. The Labute approximate surface area is 190 Å². The zero-order valence-electron chi connectivity index (χ0n) is 17.7. The Morgan fingerprint density at radius 1 is 0.812 bits per heavy atom. The lowest BCUT2D eigenvalue weighted by Crippen LogP contribution is -2.04. The van der Waals surface area contributed by atoms with Crippen LogP contribution in [-0.4, -0.2) is 11.5 Å². The molecule has 0 amide bonds. The fourth-order valence-electron chi connectivity index (χ4n) is 3.67. The second-order valence-electron chi connectivity index (χ2n) is 7.23. The Morgan fingerprint density at radius 2 is 1.44 bits per heavy atom. The first-order valence-electron chi connectivity index (χ1n) is 10.5. The molecule has 5 rings (SSSR count). The van der Waals surface area contributed by atoms with Crippen LogP contribution in [-0.2, 0) is 9.05 Å². The molecule has 32 heavy (non-hydrogen) atoms. The van der Waals surface area contributed by atoms with E-state index in [2.05, 4.69) is 73.3 Å². The first kappa shape index (κ1) is 22.1. The van der Waals surface area contributed by atoms with E-state index in [0.717, 1.165) is 5.56 Å². The molecule has 2 unspecified atom stereocenters. The molecule has 4 aromatic rings. The van der Waals surface area contributed by atoms with Gasteiger partial charge in [0.05, 0.1) is 6.61 Å². The van der Waals surface area contributed by atoms with E-state index in [1.807, 2.05) is 42.5 Å². The van der Waals surface area contributed by atoms with Crippen molar-refractivity contribution in [1.82, 2.24) is 0 Å². The topological polar surface area (TPSA) is 38.7 Å². The van der Waals surface area contributed by atoms with Crippen molar-refractivity contribution < 1.29 is 13.9 Å². The molecule has 0 heterocycles. The summed E-state index contributed by atoms with van der Waals surface area (Å²) < 4.78 is 10.7. The van der Waals surface area contributed by atoms with Gasteiger partial charge in [-0.3, -0.25) is 4.52 Å². The van der Waals surface area contributed by atoms with Crippen molar-refractivity contribution in [3.63, 3.8) is 0 Å². The maximum atomic E-state index is 9.77.